The average molecular weight is 431 g/mol. The van der Waals surface area contributed by atoms with Gasteiger partial charge in [-0.25, -0.2) is 8.42 Å². The molecule has 2 heterocycles. The predicted octanol–water partition coefficient (Wildman–Crippen LogP) is 1.48. The molecule has 0 N–H and O–H groups in total. The maximum Gasteiger partial charge on any atom is 0.179 e. The van der Waals surface area contributed by atoms with E-state index >= 15 is 0 Å². The second-order valence-electron chi connectivity index (χ2n) is 8.89. The normalized spacial score (nSPS) is 21.8. The number of nitrogens with zero attached hydrogens (tertiary/aromatic N) is 4. The van der Waals surface area contributed by atoms with E-state index in [0.29, 0.717) is 4.90 Å². The van der Waals surface area contributed by atoms with Crippen molar-refractivity contribution in [3.8, 4) is 0 Å². The highest BCUT2D eigenvalue weighted by Gasteiger charge is 2.30. The monoisotopic (exact) mass is 430 g/mol. The molecule has 2 fully saturated rings. The summed E-state index contributed by atoms with van der Waals surface area (Å²) < 4.78 is 26.8. The summed E-state index contributed by atoms with van der Waals surface area (Å²) >= 11 is 0. The van der Waals surface area contributed by atoms with Crippen molar-refractivity contribution in [3.05, 3.63) is 42.5 Å². The number of piperazine rings is 2. The number of hydrogen-bond acceptors (Lipinski definition) is 6. The van der Waals surface area contributed by atoms with Crippen LogP contribution in [0.25, 0.3) is 10.8 Å². The lowest BCUT2D eigenvalue weighted by Crippen LogP contribution is -2.56. The fraction of sp³-hybridized carbons (Fsp3) is 0.565. The van der Waals surface area contributed by atoms with Gasteiger partial charge < -0.3 is 9.80 Å². The summed E-state index contributed by atoms with van der Waals surface area (Å²) in [6.45, 7) is 8.80. The van der Waals surface area contributed by atoms with Crippen LogP contribution in [0.3, 0.4) is 0 Å². The van der Waals surface area contributed by atoms with Crippen LogP contribution in [0.4, 0.5) is 0 Å². The van der Waals surface area contributed by atoms with Gasteiger partial charge in [0.1, 0.15) is 0 Å². The van der Waals surface area contributed by atoms with E-state index in [1.54, 1.807) is 6.07 Å². The molecule has 0 amide bonds. The minimum absolute atomic E-state index is 0.0265. The van der Waals surface area contributed by atoms with Crippen LogP contribution in [0.5, 0.6) is 0 Å². The molecule has 0 saturated carbocycles. The molecule has 2 aromatic carbocycles. The van der Waals surface area contributed by atoms with Crippen molar-refractivity contribution in [2.45, 2.75) is 10.9 Å². The van der Waals surface area contributed by atoms with Gasteiger partial charge in [-0.15, -0.1) is 0 Å². The van der Waals surface area contributed by atoms with E-state index in [1.807, 2.05) is 36.4 Å². The molecule has 2 aliphatic rings. The van der Waals surface area contributed by atoms with Crippen molar-refractivity contribution >= 4 is 20.6 Å². The maximum atomic E-state index is 13.4. The fourth-order valence-corrected chi connectivity index (χ4v) is 6.10. The topological polar surface area (TPSA) is 47.1 Å². The Morgan fingerprint density at radius 2 is 1.40 bits per heavy atom. The van der Waals surface area contributed by atoms with Gasteiger partial charge in [-0.1, -0.05) is 30.3 Å². The van der Waals surface area contributed by atoms with Gasteiger partial charge in [-0.05, 0) is 37.0 Å². The molecule has 2 saturated heterocycles. The number of hydrogen-bond donors (Lipinski definition) is 0. The van der Waals surface area contributed by atoms with E-state index in [4.69, 9.17) is 0 Å². The summed E-state index contributed by atoms with van der Waals surface area (Å²) in [7, 11) is 0.922. The van der Waals surface area contributed by atoms with Gasteiger partial charge >= 0.3 is 0 Å². The number of likely N-dealkylation sites (N-methyl/N-ethyl adjacent to an activating group) is 2. The van der Waals surface area contributed by atoms with Crippen LogP contribution in [0, 0.1) is 0 Å². The van der Waals surface area contributed by atoms with Crippen LogP contribution in [-0.4, -0.2) is 113 Å². The lowest BCUT2D eigenvalue weighted by molar-refractivity contribution is 0.0773. The van der Waals surface area contributed by atoms with Crippen molar-refractivity contribution < 1.29 is 8.42 Å². The van der Waals surface area contributed by atoms with Crippen molar-refractivity contribution in [1.82, 2.24) is 19.6 Å². The van der Waals surface area contributed by atoms with Gasteiger partial charge in [0.05, 0.1) is 10.6 Å². The molecule has 0 aliphatic carbocycles. The molecule has 1 unspecified atom stereocenters. The number of sulfone groups is 1. The summed E-state index contributed by atoms with van der Waals surface area (Å²) in [6, 6.07) is 13.5. The summed E-state index contributed by atoms with van der Waals surface area (Å²) in [4.78, 5) is 9.95. The predicted molar refractivity (Wildman–Crippen MR) is 123 cm³/mol. The van der Waals surface area contributed by atoms with E-state index in [2.05, 4.69) is 33.7 Å². The third-order valence-electron chi connectivity index (χ3n) is 6.61. The van der Waals surface area contributed by atoms with Crippen LogP contribution >= 0.6 is 0 Å². The minimum Gasteiger partial charge on any atom is -0.304 e. The molecule has 2 aromatic rings. The Bertz CT molecular complexity index is 949. The highest BCUT2D eigenvalue weighted by Crippen LogP contribution is 2.22. The molecule has 0 radical (unpaired) electrons. The molecule has 0 bridgehead atoms. The first-order chi connectivity index (χ1) is 14.4. The zero-order chi connectivity index (χ0) is 21.1. The van der Waals surface area contributed by atoms with Crippen molar-refractivity contribution in [1.29, 1.82) is 0 Å². The third-order valence-corrected chi connectivity index (χ3v) is 8.41. The molecule has 30 heavy (non-hydrogen) atoms. The Kier molecular flexibility index (Phi) is 6.75. The molecule has 6 nitrogen and oxygen atoms in total. The summed E-state index contributed by atoms with van der Waals surface area (Å²) in [5.74, 6) is 0.182. The van der Waals surface area contributed by atoms with Gasteiger partial charge in [0, 0.05) is 64.9 Å². The summed E-state index contributed by atoms with van der Waals surface area (Å²) in [5, 5.41) is 2.05. The molecule has 4 rings (SSSR count). The van der Waals surface area contributed by atoms with Crippen LogP contribution in [0.1, 0.15) is 0 Å². The van der Waals surface area contributed by atoms with E-state index in [1.165, 1.54) is 0 Å². The van der Waals surface area contributed by atoms with Crippen LogP contribution < -0.4 is 0 Å². The second kappa shape index (κ2) is 9.32. The number of benzene rings is 2. The SMILES string of the molecule is CN1CCN(CC(CS(=O)(=O)c2ccc3ccccc3c2)N2CCN(C)CC2)CC1. The van der Waals surface area contributed by atoms with Crippen molar-refractivity contribution in [2.24, 2.45) is 0 Å². The summed E-state index contributed by atoms with van der Waals surface area (Å²) in [5.41, 5.74) is 0. The Morgan fingerprint density at radius 3 is 2.07 bits per heavy atom. The minimum atomic E-state index is -3.37. The smallest absolute Gasteiger partial charge is 0.179 e. The molecular formula is C23H34N4O2S. The highest BCUT2D eigenvalue weighted by atomic mass is 32.2. The molecule has 164 valence electrons. The van der Waals surface area contributed by atoms with Crippen molar-refractivity contribution in [3.63, 3.8) is 0 Å². The van der Waals surface area contributed by atoms with Gasteiger partial charge in [-0.3, -0.25) is 9.80 Å². The van der Waals surface area contributed by atoms with E-state index in [-0.39, 0.29) is 11.8 Å². The fourth-order valence-electron chi connectivity index (χ4n) is 4.50. The maximum absolute atomic E-state index is 13.4. The first kappa shape index (κ1) is 21.7. The molecule has 2 aliphatic heterocycles. The Balaban J connectivity index is 1.54. The largest absolute Gasteiger partial charge is 0.304 e. The first-order valence-electron chi connectivity index (χ1n) is 11.0. The number of fused-ring (bicyclic) bond motifs is 1. The van der Waals surface area contributed by atoms with Gasteiger partial charge in [0.25, 0.3) is 0 Å². The molecule has 7 heteroatoms. The summed E-state index contributed by atoms with van der Waals surface area (Å²) in [6.07, 6.45) is 0. The van der Waals surface area contributed by atoms with Crippen LogP contribution in [0.15, 0.2) is 47.4 Å². The van der Waals surface area contributed by atoms with E-state index in [9.17, 15) is 8.42 Å². The van der Waals surface area contributed by atoms with Gasteiger partial charge in [-0.2, -0.15) is 0 Å². The quantitative estimate of drug-likeness (QED) is 0.692. The van der Waals surface area contributed by atoms with Gasteiger partial charge in [0.15, 0.2) is 9.84 Å². The highest BCUT2D eigenvalue weighted by molar-refractivity contribution is 7.91. The Morgan fingerprint density at radius 1 is 0.800 bits per heavy atom. The average Bonchev–Trinajstić information content (AvgIpc) is 2.75. The molecule has 1 atom stereocenters. The lowest BCUT2D eigenvalue weighted by atomic mass is 10.1. The first-order valence-corrected chi connectivity index (χ1v) is 12.6. The van der Waals surface area contributed by atoms with Crippen molar-refractivity contribution in [2.75, 3.05) is 78.8 Å². The molecular weight excluding hydrogens is 396 g/mol. The third kappa shape index (κ3) is 5.21. The van der Waals surface area contributed by atoms with Crippen LogP contribution in [0.2, 0.25) is 0 Å². The zero-order valence-electron chi connectivity index (χ0n) is 18.2. The number of rotatable bonds is 6. The zero-order valence-corrected chi connectivity index (χ0v) is 19.0. The van der Waals surface area contributed by atoms with E-state index in [0.717, 1.165) is 69.7 Å². The molecule has 0 spiro atoms. The van der Waals surface area contributed by atoms with Crippen LogP contribution in [-0.2, 0) is 9.84 Å². The Hall–Kier alpha value is -1.51. The lowest BCUT2D eigenvalue weighted by Gasteiger charge is -2.41. The Labute approximate surface area is 181 Å². The van der Waals surface area contributed by atoms with E-state index < -0.39 is 9.84 Å². The second-order valence-corrected chi connectivity index (χ2v) is 10.9. The standard InChI is InChI=1S/C23H34N4O2S/c1-24-9-13-26(14-10-24)18-22(27-15-11-25(2)12-16-27)19-30(28,29)23-8-7-20-5-3-4-6-21(20)17-23/h3-8,17,22H,9-16,18-19H2,1-2H3. The molecule has 0 aromatic heterocycles. The van der Waals surface area contributed by atoms with Gasteiger partial charge in [0.2, 0.25) is 0 Å².